The lowest BCUT2D eigenvalue weighted by Gasteiger charge is -2.15. The van der Waals surface area contributed by atoms with Crippen molar-refractivity contribution in [3.63, 3.8) is 0 Å². The number of hydrogen-bond acceptors (Lipinski definition) is 2. The Kier molecular flexibility index (Phi) is 5.66. The van der Waals surface area contributed by atoms with Gasteiger partial charge in [0.1, 0.15) is 0 Å². The second-order valence-electron chi connectivity index (χ2n) is 3.83. The van der Waals surface area contributed by atoms with Gasteiger partial charge < -0.3 is 10.1 Å². The van der Waals surface area contributed by atoms with Gasteiger partial charge >= 0.3 is 0 Å². The Morgan fingerprint density at radius 3 is 3.00 bits per heavy atom. The van der Waals surface area contributed by atoms with Crippen LogP contribution in [0.4, 0.5) is 0 Å². The van der Waals surface area contributed by atoms with Crippen LogP contribution in [0.2, 0.25) is 0 Å². The average Bonchev–Trinajstić information content (AvgIpc) is 2.71. The summed E-state index contributed by atoms with van der Waals surface area (Å²) in [6.45, 7) is 2.86. The van der Waals surface area contributed by atoms with Crippen molar-refractivity contribution in [2.45, 2.75) is 51.2 Å². The first-order valence-electron chi connectivity index (χ1n) is 5.55. The monoisotopic (exact) mass is 195 g/mol. The lowest BCUT2D eigenvalue weighted by Crippen LogP contribution is -2.26. The van der Waals surface area contributed by atoms with Crippen LogP contribution >= 0.6 is 0 Å². The lowest BCUT2D eigenvalue weighted by atomic mass is 10.0. The third-order valence-corrected chi connectivity index (χ3v) is 2.79. The highest BCUT2D eigenvalue weighted by Crippen LogP contribution is 2.18. The molecule has 1 aliphatic rings. The van der Waals surface area contributed by atoms with Gasteiger partial charge in [0.05, 0.1) is 6.10 Å². The molecular weight excluding hydrogens is 174 g/mol. The van der Waals surface area contributed by atoms with E-state index < -0.39 is 0 Å². The molecule has 0 aliphatic carbocycles. The fourth-order valence-corrected chi connectivity index (χ4v) is 1.83. The third kappa shape index (κ3) is 4.13. The van der Waals surface area contributed by atoms with Crippen molar-refractivity contribution < 1.29 is 4.74 Å². The van der Waals surface area contributed by atoms with E-state index in [1.807, 2.05) is 14.0 Å². The Labute approximate surface area is 87.4 Å². The molecule has 0 aromatic carbocycles. The van der Waals surface area contributed by atoms with Gasteiger partial charge in [0.2, 0.25) is 0 Å². The Hall–Kier alpha value is -0.520. The maximum Gasteiger partial charge on any atom is 0.0576 e. The Morgan fingerprint density at radius 2 is 2.43 bits per heavy atom. The van der Waals surface area contributed by atoms with Crippen LogP contribution in [0.5, 0.6) is 0 Å². The van der Waals surface area contributed by atoms with Gasteiger partial charge in [-0.25, -0.2) is 0 Å². The zero-order chi connectivity index (χ0) is 10.2. The number of ether oxygens (including phenoxy) is 1. The van der Waals surface area contributed by atoms with E-state index in [2.05, 4.69) is 17.2 Å². The van der Waals surface area contributed by atoms with E-state index >= 15 is 0 Å². The van der Waals surface area contributed by atoms with Gasteiger partial charge in [0, 0.05) is 19.1 Å². The first-order valence-corrected chi connectivity index (χ1v) is 5.55. The molecule has 2 heteroatoms. The van der Waals surface area contributed by atoms with Crippen LogP contribution in [0.15, 0.2) is 0 Å². The molecule has 0 aromatic heterocycles. The topological polar surface area (TPSA) is 21.3 Å². The van der Waals surface area contributed by atoms with Crippen LogP contribution in [0.3, 0.4) is 0 Å². The van der Waals surface area contributed by atoms with Gasteiger partial charge in [-0.1, -0.05) is 0 Å². The van der Waals surface area contributed by atoms with Crippen molar-refractivity contribution in [3.05, 3.63) is 0 Å². The van der Waals surface area contributed by atoms with Crippen LogP contribution in [-0.2, 0) is 4.74 Å². The molecule has 1 aliphatic heterocycles. The van der Waals surface area contributed by atoms with Crippen LogP contribution < -0.4 is 5.32 Å². The first-order chi connectivity index (χ1) is 6.86. The molecule has 1 heterocycles. The Morgan fingerprint density at radius 1 is 1.57 bits per heavy atom. The predicted octanol–water partition coefficient (Wildman–Crippen LogP) is 1.95. The molecule has 1 N–H and O–H groups in total. The van der Waals surface area contributed by atoms with E-state index in [-0.39, 0.29) is 0 Å². The van der Waals surface area contributed by atoms with Gasteiger partial charge in [-0.15, -0.1) is 11.8 Å². The van der Waals surface area contributed by atoms with Gasteiger partial charge in [-0.3, -0.25) is 0 Å². The van der Waals surface area contributed by atoms with Crippen molar-refractivity contribution in [2.75, 3.05) is 13.7 Å². The minimum Gasteiger partial charge on any atom is -0.378 e. The molecule has 2 nitrogen and oxygen atoms in total. The van der Waals surface area contributed by atoms with Gasteiger partial charge in [0.15, 0.2) is 0 Å². The summed E-state index contributed by atoms with van der Waals surface area (Å²) in [6, 6.07) is 0.534. The standard InChI is InChI=1S/C12H21NO/c1-3-4-6-11(13-2)8-9-12-7-5-10-14-12/h11-13H,5-10H2,1-2H3. The number of rotatable bonds is 5. The highest BCUT2D eigenvalue weighted by molar-refractivity contribution is 4.98. The van der Waals surface area contributed by atoms with Crippen molar-refractivity contribution >= 4 is 0 Å². The summed E-state index contributed by atoms with van der Waals surface area (Å²) < 4.78 is 5.59. The summed E-state index contributed by atoms with van der Waals surface area (Å²) in [7, 11) is 2.01. The molecule has 0 aromatic rings. The summed E-state index contributed by atoms with van der Waals surface area (Å²) in [5.74, 6) is 6.06. The van der Waals surface area contributed by atoms with E-state index in [4.69, 9.17) is 4.74 Å². The SMILES string of the molecule is CC#CCC(CCC1CCCO1)NC. The minimum absolute atomic E-state index is 0.514. The molecule has 0 spiro atoms. The second kappa shape index (κ2) is 6.86. The predicted molar refractivity (Wildman–Crippen MR) is 59.1 cm³/mol. The fourth-order valence-electron chi connectivity index (χ4n) is 1.83. The maximum atomic E-state index is 5.59. The molecule has 1 rings (SSSR count). The maximum absolute atomic E-state index is 5.59. The summed E-state index contributed by atoms with van der Waals surface area (Å²) in [6.07, 6.45) is 6.31. The zero-order valence-corrected chi connectivity index (χ0v) is 9.31. The Balaban J connectivity index is 2.14. The fraction of sp³-hybridized carbons (Fsp3) is 0.833. The largest absolute Gasteiger partial charge is 0.378 e. The van der Waals surface area contributed by atoms with Crippen LogP contribution in [0.1, 0.15) is 39.0 Å². The smallest absolute Gasteiger partial charge is 0.0576 e. The van der Waals surface area contributed by atoms with Crippen molar-refractivity contribution in [2.24, 2.45) is 0 Å². The van der Waals surface area contributed by atoms with E-state index in [9.17, 15) is 0 Å². The highest BCUT2D eigenvalue weighted by atomic mass is 16.5. The average molecular weight is 195 g/mol. The summed E-state index contributed by atoms with van der Waals surface area (Å²) >= 11 is 0. The zero-order valence-electron chi connectivity index (χ0n) is 9.31. The molecule has 1 saturated heterocycles. The molecule has 0 bridgehead atoms. The number of hydrogen-bond donors (Lipinski definition) is 1. The normalized spacial score (nSPS) is 22.9. The molecule has 2 unspecified atom stereocenters. The third-order valence-electron chi connectivity index (χ3n) is 2.79. The molecule has 0 radical (unpaired) electrons. The summed E-state index contributed by atoms with van der Waals surface area (Å²) in [4.78, 5) is 0. The van der Waals surface area contributed by atoms with E-state index in [0.29, 0.717) is 12.1 Å². The van der Waals surface area contributed by atoms with E-state index in [1.165, 1.54) is 25.7 Å². The molecule has 14 heavy (non-hydrogen) atoms. The van der Waals surface area contributed by atoms with Crippen molar-refractivity contribution in [1.82, 2.24) is 5.32 Å². The second-order valence-corrected chi connectivity index (χ2v) is 3.83. The van der Waals surface area contributed by atoms with Gasteiger partial charge in [0.25, 0.3) is 0 Å². The van der Waals surface area contributed by atoms with Gasteiger partial charge in [-0.05, 0) is 39.7 Å². The van der Waals surface area contributed by atoms with Crippen LogP contribution in [0.25, 0.3) is 0 Å². The number of nitrogens with one attached hydrogen (secondary N) is 1. The quantitative estimate of drug-likeness (QED) is 0.677. The van der Waals surface area contributed by atoms with E-state index in [1.54, 1.807) is 0 Å². The summed E-state index contributed by atoms with van der Waals surface area (Å²) in [5.41, 5.74) is 0. The molecule has 2 atom stereocenters. The molecule has 0 saturated carbocycles. The van der Waals surface area contributed by atoms with Crippen LogP contribution in [0, 0.1) is 11.8 Å². The van der Waals surface area contributed by atoms with Crippen molar-refractivity contribution in [3.8, 4) is 11.8 Å². The summed E-state index contributed by atoms with van der Waals surface area (Å²) in [5, 5.41) is 3.30. The van der Waals surface area contributed by atoms with Gasteiger partial charge in [-0.2, -0.15) is 0 Å². The van der Waals surface area contributed by atoms with Crippen molar-refractivity contribution in [1.29, 1.82) is 0 Å². The lowest BCUT2D eigenvalue weighted by molar-refractivity contribution is 0.0999. The highest BCUT2D eigenvalue weighted by Gasteiger charge is 2.16. The molecule has 1 fully saturated rings. The molecule has 80 valence electrons. The minimum atomic E-state index is 0.514. The van der Waals surface area contributed by atoms with E-state index in [0.717, 1.165) is 13.0 Å². The van der Waals surface area contributed by atoms with Crippen LogP contribution in [-0.4, -0.2) is 25.8 Å². The molecular formula is C12H21NO. The molecule has 0 amide bonds. The first kappa shape index (κ1) is 11.6. The Bertz CT molecular complexity index is 198.